The first-order chi connectivity index (χ1) is 13.6. The highest BCUT2D eigenvalue weighted by Gasteiger charge is 2.20. The average Bonchev–Trinajstić information content (AvgIpc) is 3.33. The summed E-state index contributed by atoms with van der Waals surface area (Å²) >= 11 is 0. The van der Waals surface area contributed by atoms with Crippen molar-refractivity contribution in [3.8, 4) is 5.69 Å². The van der Waals surface area contributed by atoms with Gasteiger partial charge in [-0.3, -0.25) is 10.4 Å². The Morgan fingerprint density at radius 3 is 2.79 bits per heavy atom. The highest BCUT2D eigenvalue weighted by molar-refractivity contribution is 5.84. The molecule has 0 saturated carbocycles. The summed E-state index contributed by atoms with van der Waals surface area (Å²) in [6, 6.07) is 7.92. The van der Waals surface area contributed by atoms with Gasteiger partial charge >= 0.3 is 0 Å². The van der Waals surface area contributed by atoms with Crippen molar-refractivity contribution in [2.45, 2.75) is 13.0 Å². The van der Waals surface area contributed by atoms with Crippen LogP contribution in [0.3, 0.4) is 0 Å². The first-order valence-electron chi connectivity index (χ1n) is 8.67. The molecule has 0 radical (unpaired) electrons. The van der Waals surface area contributed by atoms with Crippen LogP contribution in [-0.2, 0) is 0 Å². The summed E-state index contributed by atoms with van der Waals surface area (Å²) in [7, 11) is 0. The van der Waals surface area contributed by atoms with E-state index in [1.807, 2.05) is 19.1 Å². The summed E-state index contributed by atoms with van der Waals surface area (Å²) < 4.78 is 17.4. The molecule has 8 nitrogen and oxygen atoms in total. The molecule has 9 heteroatoms. The van der Waals surface area contributed by atoms with E-state index in [2.05, 4.69) is 19.9 Å². The van der Waals surface area contributed by atoms with E-state index in [0.717, 1.165) is 11.1 Å². The molecule has 5 rings (SSSR count). The molecule has 4 heterocycles. The molecule has 0 saturated heterocycles. The van der Waals surface area contributed by atoms with Gasteiger partial charge in [-0.15, -0.1) is 0 Å². The van der Waals surface area contributed by atoms with Gasteiger partial charge in [0.05, 0.1) is 35.6 Å². The van der Waals surface area contributed by atoms with Crippen molar-refractivity contribution in [2.75, 3.05) is 0 Å². The smallest absolute Gasteiger partial charge is 0.182 e. The molecule has 1 unspecified atom stereocenters. The molecule has 2 N–H and O–H groups in total. The molecule has 0 aliphatic carbocycles. The number of hydrogen-bond acceptors (Lipinski definition) is 5. The predicted molar refractivity (Wildman–Crippen MR) is 100 cm³/mol. The number of H-pyrrole nitrogens is 1. The third-order valence-electron chi connectivity index (χ3n) is 4.81. The fourth-order valence-electron chi connectivity index (χ4n) is 3.39. The minimum absolute atomic E-state index is 0.253. The Kier molecular flexibility index (Phi) is 3.54. The third-order valence-corrected chi connectivity index (χ3v) is 4.81. The largest absolute Gasteiger partial charge is 0.340 e. The Hall–Kier alpha value is -3.88. The summed E-state index contributed by atoms with van der Waals surface area (Å²) in [5, 5.41) is 14.1. The lowest BCUT2D eigenvalue weighted by molar-refractivity contribution is 0.576. The lowest BCUT2D eigenvalue weighted by Crippen LogP contribution is -2.25. The number of rotatable bonds is 3. The summed E-state index contributed by atoms with van der Waals surface area (Å²) in [5.41, 5.74) is 3.44. The quantitative estimate of drug-likeness (QED) is 0.507. The van der Waals surface area contributed by atoms with Crippen LogP contribution in [0.2, 0.25) is 0 Å². The van der Waals surface area contributed by atoms with Crippen molar-refractivity contribution < 1.29 is 4.39 Å². The van der Waals surface area contributed by atoms with Gasteiger partial charge in [0.1, 0.15) is 11.3 Å². The maximum Gasteiger partial charge on any atom is 0.182 e. The fourth-order valence-corrected chi connectivity index (χ4v) is 3.39. The Bertz CT molecular complexity index is 1370. The highest BCUT2D eigenvalue weighted by atomic mass is 19.1. The van der Waals surface area contributed by atoms with E-state index in [9.17, 15) is 4.39 Å². The SMILES string of the molecule is CC(c1nn(-c2ccncc2)c2cc(F)ccc12)n1cnc2nc[nH]c2c1=N. The molecule has 0 aliphatic heterocycles. The molecule has 138 valence electrons. The number of halogens is 1. The number of aromatic nitrogens is 7. The molecule has 0 spiro atoms. The van der Waals surface area contributed by atoms with E-state index in [1.54, 1.807) is 34.0 Å². The van der Waals surface area contributed by atoms with Crippen molar-refractivity contribution in [3.63, 3.8) is 0 Å². The van der Waals surface area contributed by atoms with Crippen LogP contribution in [0.15, 0.2) is 55.4 Å². The van der Waals surface area contributed by atoms with E-state index in [0.29, 0.717) is 22.4 Å². The van der Waals surface area contributed by atoms with Gasteiger partial charge in [-0.05, 0) is 31.2 Å². The minimum atomic E-state index is -0.337. The average molecular weight is 374 g/mol. The summed E-state index contributed by atoms with van der Waals surface area (Å²) in [6.07, 6.45) is 6.42. The van der Waals surface area contributed by atoms with E-state index < -0.39 is 0 Å². The highest BCUT2D eigenvalue weighted by Crippen LogP contribution is 2.28. The maximum atomic E-state index is 14.0. The van der Waals surface area contributed by atoms with Crippen LogP contribution in [0, 0.1) is 11.2 Å². The van der Waals surface area contributed by atoms with E-state index in [-0.39, 0.29) is 17.3 Å². The Morgan fingerprint density at radius 1 is 1.14 bits per heavy atom. The monoisotopic (exact) mass is 374 g/mol. The molecule has 1 aromatic carbocycles. The van der Waals surface area contributed by atoms with Gasteiger partial charge in [-0.1, -0.05) is 0 Å². The number of pyridine rings is 1. The molecular weight excluding hydrogens is 359 g/mol. The minimum Gasteiger partial charge on any atom is -0.340 e. The molecule has 0 aliphatic rings. The van der Waals surface area contributed by atoms with Gasteiger partial charge in [0, 0.05) is 23.8 Å². The second-order valence-electron chi connectivity index (χ2n) is 6.44. The number of benzene rings is 1. The van der Waals surface area contributed by atoms with Crippen LogP contribution < -0.4 is 5.49 Å². The normalized spacial score (nSPS) is 12.6. The van der Waals surface area contributed by atoms with Crippen molar-refractivity contribution in [1.82, 2.24) is 34.3 Å². The fraction of sp³-hybridized carbons (Fsp3) is 0.105. The number of nitrogens with one attached hydrogen (secondary N) is 2. The van der Waals surface area contributed by atoms with Gasteiger partial charge in [-0.2, -0.15) is 5.10 Å². The standard InChI is InChI=1S/C19H15FN8/c1-11(27-10-25-19-17(18(27)21)23-9-24-19)16-14-3-2-12(20)8-15(14)28(26-16)13-4-6-22-7-5-13/h2-11,21H,1H3,(H,23,24). The molecule has 0 amide bonds. The molecule has 28 heavy (non-hydrogen) atoms. The Morgan fingerprint density at radius 2 is 1.96 bits per heavy atom. The van der Waals surface area contributed by atoms with Crippen LogP contribution in [-0.4, -0.2) is 34.3 Å². The van der Waals surface area contributed by atoms with E-state index in [1.165, 1.54) is 18.5 Å². The topological polar surface area (TPSA) is 101 Å². The van der Waals surface area contributed by atoms with Gasteiger partial charge in [0.25, 0.3) is 0 Å². The summed E-state index contributed by atoms with van der Waals surface area (Å²) in [6.45, 7) is 1.93. The number of hydrogen-bond donors (Lipinski definition) is 2. The van der Waals surface area contributed by atoms with Gasteiger partial charge in [-0.25, -0.2) is 19.0 Å². The summed E-state index contributed by atoms with van der Waals surface area (Å²) in [5.74, 6) is -0.337. The molecule has 0 bridgehead atoms. The lowest BCUT2D eigenvalue weighted by Gasteiger charge is -2.14. The van der Waals surface area contributed by atoms with E-state index in [4.69, 9.17) is 10.5 Å². The molecule has 1 atom stereocenters. The number of imidazole rings is 1. The number of nitrogens with zero attached hydrogens (tertiary/aromatic N) is 6. The van der Waals surface area contributed by atoms with Crippen molar-refractivity contribution >= 4 is 22.1 Å². The zero-order valence-corrected chi connectivity index (χ0v) is 14.8. The first-order valence-corrected chi connectivity index (χ1v) is 8.67. The number of aromatic amines is 1. The molecule has 5 aromatic rings. The van der Waals surface area contributed by atoms with Crippen LogP contribution in [0.25, 0.3) is 27.8 Å². The van der Waals surface area contributed by atoms with Crippen molar-refractivity contribution in [3.05, 3.63) is 72.4 Å². The van der Waals surface area contributed by atoms with E-state index >= 15 is 0 Å². The maximum absolute atomic E-state index is 14.0. The predicted octanol–water partition coefficient (Wildman–Crippen LogP) is 2.72. The molecular formula is C19H15FN8. The summed E-state index contributed by atoms with van der Waals surface area (Å²) in [4.78, 5) is 15.4. The third kappa shape index (κ3) is 2.40. The van der Waals surface area contributed by atoms with Crippen LogP contribution >= 0.6 is 0 Å². The Balaban J connectivity index is 1.74. The molecule has 4 aromatic heterocycles. The second kappa shape index (κ2) is 6.08. The van der Waals surface area contributed by atoms with Crippen LogP contribution in [0.5, 0.6) is 0 Å². The molecule has 0 fully saturated rings. The van der Waals surface area contributed by atoms with Crippen molar-refractivity contribution in [2.24, 2.45) is 0 Å². The van der Waals surface area contributed by atoms with Gasteiger partial charge < -0.3 is 9.55 Å². The van der Waals surface area contributed by atoms with Crippen LogP contribution in [0.1, 0.15) is 18.7 Å². The Labute approximate surface area is 157 Å². The zero-order chi connectivity index (χ0) is 19.3. The zero-order valence-electron chi connectivity index (χ0n) is 14.8. The van der Waals surface area contributed by atoms with Crippen LogP contribution in [0.4, 0.5) is 4.39 Å². The second-order valence-corrected chi connectivity index (χ2v) is 6.44. The lowest BCUT2D eigenvalue weighted by atomic mass is 10.1. The number of fused-ring (bicyclic) bond motifs is 2. The van der Waals surface area contributed by atoms with Crippen molar-refractivity contribution in [1.29, 1.82) is 5.41 Å². The van der Waals surface area contributed by atoms with Gasteiger partial charge in [0.2, 0.25) is 0 Å². The van der Waals surface area contributed by atoms with Gasteiger partial charge in [0.15, 0.2) is 11.1 Å². The first kappa shape index (κ1) is 16.3.